The number of benzene rings is 2. The van der Waals surface area contributed by atoms with Gasteiger partial charge in [0.25, 0.3) is 0 Å². The van der Waals surface area contributed by atoms with Crippen LogP contribution in [0.1, 0.15) is 38.2 Å². The maximum absolute atomic E-state index is 14.3. The summed E-state index contributed by atoms with van der Waals surface area (Å²) in [5, 5.41) is 0. The van der Waals surface area contributed by atoms with E-state index in [0.717, 1.165) is 30.3 Å². The fourth-order valence-corrected chi connectivity index (χ4v) is 4.27. The van der Waals surface area contributed by atoms with E-state index < -0.39 is 11.6 Å². The molecule has 1 saturated heterocycles. The van der Waals surface area contributed by atoms with Crippen LogP contribution >= 0.6 is 0 Å². The van der Waals surface area contributed by atoms with Crippen molar-refractivity contribution in [2.75, 3.05) is 24.6 Å². The molecule has 0 radical (unpaired) electrons. The molecule has 0 saturated carbocycles. The molecule has 1 fully saturated rings. The highest BCUT2D eigenvalue weighted by molar-refractivity contribution is 6.03. The van der Waals surface area contributed by atoms with Crippen molar-refractivity contribution in [1.82, 2.24) is 4.90 Å². The van der Waals surface area contributed by atoms with Gasteiger partial charge in [-0.05, 0) is 75.0 Å². The molecule has 2 heterocycles. The largest absolute Gasteiger partial charge is 0.494 e. The van der Waals surface area contributed by atoms with Gasteiger partial charge in [-0.1, -0.05) is 0 Å². The summed E-state index contributed by atoms with van der Waals surface area (Å²) in [7, 11) is 0. The molecule has 2 aliphatic heterocycles. The molecule has 2 aromatic carbocycles. The van der Waals surface area contributed by atoms with E-state index in [1.54, 1.807) is 6.07 Å². The molecule has 0 spiro atoms. The molecule has 0 aromatic heterocycles. The van der Waals surface area contributed by atoms with Gasteiger partial charge in [-0.3, -0.25) is 9.69 Å². The van der Waals surface area contributed by atoms with Gasteiger partial charge in [0.1, 0.15) is 17.4 Å². The Morgan fingerprint density at radius 2 is 1.93 bits per heavy atom. The Kier molecular flexibility index (Phi) is 5.81. The molecule has 0 N–H and O–H groups in total. The predicted octanol–water partition coefficient (Wildman–Crippen LogP) is 4.83. The number of amides is 1. The van der Waals surface area contributed by atoms with Crippen molar-refractivity contribution in [3.8, 4) is 5.75 Å². The van der Waals surface area contributed by atoms with Gasteiger partial charge in [0.05, 0.1) is 18.0 Å². The van der Waals surface area contributed by atoms with Crippen LogP contribution < -0.4 is 9.64 Å². The number of carbonyl (C=O) groups is 1. The summed E-state index contributed by atoms with van der Waals surface area (Å²) in [6.07, 6.45) is 4.37. The van der Waals surface area contributed by atoms with E-state index in [4.69, 9.17) is 4.74 Å². The van der Waals surface area contributed by atoms with Crippen molar-refractivity contribution in [2.24, 2.45) is 0 Å². The van der Waals surface area contributed by atoms with E-state index in [-0.39, 0.29) is 18.0 Å². The Labute approximate surface area is 170 Å². The third-order valence-corrected chi connectivity index (χ3v) is 5.85. The number of anilines is 2. The van der Waals surface area contributed by atoms with Crippen LogP contribution in [0.5, 0.6) is 5.75 Å². The zero-order valence-corrected chi connectivity index (χ0v) is 16.7. The minimum Gasteiger partial charge on any atom is -0.494 e. The minimum absolute atomic E-state index is 0.0748. The third-order valence-electron chi connectivity index (χ3n) is 5.85. The Balaban J connectivity index is 1.44. The van der Waals surface area contributed by atoms with Gasteiger partial charge >= 0.3 is 0 Å². The molecular formula is C23H26F2N2O2. The Morgan fingerprint density at radius 3 is 2.69 bits per heavy atom. The number of aryl methyl sites for hydroxylation is 1. The lowest BCUT2D eigenvalue weighted by atomic mass is 10.00. The number of ether oxygens (including phenoxy) is 1. The molecule has 1 atom stereocenters. The van der Waals surface area contributed by atoms with Gasteiger partial charge in [-0.2, -0.15) is 0 Å². The monoisotopic (exact) mass is 400 g/mol. The van der Waals surface area contributed by atoms with Crippen molar-refractivity contribution in [3.63, 3.8) is 0 Å². The Hall–Kier alpha value is -2.47. The Bertz CT molecular complexity index is 902. The van der Waals surface area contributed by atoms with Gasteiger partial charge in [-0.25, -0.2) is 8.78 Å². The Morgan fingerprint density at radius 1 is 1.10 bits per heavy atom. The second kappa shape index (κ2) is 8.49. The lowest BCUT2D eigenvalue weighted by Crippen LogP contribution is -2.31. The van der Waals surface area contributed by atoms with E-state index in [1.807, 2.05) is 12.1 Å². The number of hydrogen-bond acceptors (Lipinski definition) is 3. The van der Waals surface area contributed by atoms with Gasteiger partial charge in [0.2, 0.25) is 5.91 Å². The summed E-state index contributed by atoms with van der Waals surface area (Å²) in [5.41, 5.74) is 1.63. The molecule has 29 heavy (non-hydrogen) atoms. The molecule has 2 aliphatic rings. The third kappa shape index (κ3) is 4.27. The van der Waals surface area contributed by atoms with Crippen LogP contribution in [0.4, 0.5) is 20.2 Å². The van der Waals surface area contributed by atoms with E-state index in [0.29, 0.717) is 24.8 Å². The van der Waals surface area contributed by atoms with Crippen LogP contribution in [0.25, 0.3) is 0 Å². The minimum atomic E-state index is -0.748. The van der Waals surface area contributed by atoms with Crippen LogP contribution in [0.2, 0.25) is 0 Å². The average Bonchev–Trinajstić information content (AvgIpc) is 3.11. The summed E-state index contributed by atoms with van der Waals surface area (Å²) in [5.74, 6) is -0.853. The number of halogens is 2. The van der Waals surface area contributed by atoms with Gasteiger partial charge in [0.15, 0.2) is 0 Å². The quantitative estimate of drug-likeness (QED) is 0.651. The molecule has 1 amide bonds. The van der Waals surface area contributed by atoms with Crippen LogP contribution in [0.3, 0.4) is 0 Å². The number of nitrogens with zero attached hydrogens (tertiary/aromatic N) is 2. The van der Waals surface area contributed by atoms with Crippen molar-refractivity contribution in [3.05, 3.63) is 53.6 Å². The molecule has 6 heteroatoms. The summed E-state index contributed by atoms with van der Waals surface area (Å²) in [4.78, 5) is 16.3. The highest BCUT2D eigenvalue weighted by atomic mass is 19.1. The normalized spacial score (nSPS) is 19.5. The highest BCUT2D eigenvalue weighted by Gasteiger charge is 2.28. The molecule has 154 valence electrons. The first-order valence-electron chi connectivity index (χ1n) is 10.3. The van der Waals surface area contributed by atoms with Crippen molar-refractivity contribution < 1.29 is 18.3 Å². The van der Waals surface area contributed by atoms with Gasteiger partial charge < -0.3 is 9.64 Å². The van der Waals surface area contributed by atoms with E-state index in [2.05, 4.69) is 11.8 Å². The lowest BCUT2D eigenvalue weighted by molar-refractivity contribution is -0.118. The first-order valence-corrected chi connectivity index (χ1v) is 10.3. The molecule has 0 aliphatic carbocycles. The summed E-state index contributed by atoms with van der Waals surface area (Å²) in [6, 6.07) is 9.45. The van der Waals surface area contributed by atoms with Crippen LogP contribution in [-0.2, 0) is 11.2 Å². The van der Waals surface area contributed by atoms with Crippen LogP contribution in [0, 0.1) is 11.6 Å². The fourth-order valence-electron chi connectivity index (χ4n) is 4.27. The average molecular weight is 400 g/mol. The van der Waals surface area contributed by atoms with Gasteiger partial charge in [0, 0.05) is 25.1 Å². The molecule has 4 rings (SSSR count). The lowest BCUT2D eigenvalue weighted by Gasteiger charge is -2.30. The van der Waals surface area contributed by atoms with Crippen LogP contribution in [-0.4, -0.2) is 36.5 Å². The maximum Gasteiger partial charge on any atom is 0.231 e. The van der Waals surface area contributed by atoms with Crippen LogP contribution in [0.15, 0.2) is 36.4 Å². The number of fused-ring (bicyclic) bond motifs is 1. The molecule has 4 nitrogen and oxygen atoms in total. The maximum atomic E-state index is 14.3. The zero-order chi connectivity index (χ0) is 20.4. The standard InChI is InChI=1S/C23H26F2N2O2/c1-16-4-2-11-26(16)12-3-13-29-19-7-9-21-17(14-19)5-10-23(28)27(21)22-8-6-18(24)15-20(22)25/h6-9,14-16H,2-5,10-13H2,1H3/t16-/m1/s1. The number of rotatable bonds is 6. The highest BCUT2D eigenvalue weighted by Crippen LogP contribution is 2.37. The molecular weight excluding hydrogens is 374 g/mol. The number of likely N-dealkylation sites (tertiary alicyclic amines) is 1. The number of carbonyl (C=O) groups excluding carboxylic acids is 1. The smallest absolute Gasteiger partial charge is 0.231 e. The SMILES string of the molecule is C[C@@H]1CCCN1CCCOc1ccc2c(c1)CCC(=O)N2c1ccc(F)cc1F. The molecule has 2 aromatic rings. The summed E-state index contributed by atoms with van der Waals surface area (Å²) < 4.78 is 33.5. The van der Waals surface area contributed by atoms with Crippen molar-refractivity contribution in [2.45, 2.75) is 45.1 Å². The molecule has 0 unspecified atom stereocenters. The summed E-state index contributed by atoms with van der Waals surface area (Å²) >= 11 is 0. The predicted molar refractivity (Wildman–Crippen MR) is 109 cm³/mol. The van der Waals surface area contributed by atoms with E-state index >= 15 is 0 Å². The molecule has 0 bridgehead atoms. The van der Waals surface area contributed by atoms with Crippen molar-refractivity contribution in [1.29, 1.82) is 0 Å². The first-order chi connectivity index (χ1) is 14.0. The van der Waals surface area contributed by atoms with E-state index in [9.17, 15) is 13.6 Å². The first kappa shape index (κ1) is 19.8. The second-order valence-corrected chi connectivity index (χ2v) is 7.84. The van der Waals surface area contributed by atoms with Crippen molar-refractivity contribution >= 4 is 17.3 Å². The number of hydrogen-bond donors (Lipinski definition) is 0. The fraction of sp³-hybridized carbons (Fsp3) is 0.435. The van der Waals surface area contributed by atoms with Gasteiger partial charge in [-0.15, -0.1) is 0 Å². The topological polar surface area (TPSA) is 32.8 Å². The second-order valence-electron chi connectivity index (χ2n) is 7.84. The summed E-state index contributed by atoms with van der Waals surface area (Å²) in [6.45, 7) is 5.12. The van der Waals surface area contributed by atoms with E-state index in [1.165, 1.54) is 36.4 Å². The zero-order valence-electron chi connectivity index (χ0n) is 16.7.